The molecule has 1 aliphatic heterocycles. The Labute approximate surface area is 116 Å². The number of aromatic nitrogens is 1. The molecule has 0 radical (unpaired) electrons. The predicted molar refractivity (Wildman–Crippen MR) is 73.6 cm³/mol. The first kappa shape index (κ1) is 13.9. The highest BCUT2D eigenvalue weighted by atomic mass is 32.2. The van der Waals surface area contributed by atoms with E-state index >= 15 is 0 Å². The lowest BCUT2D eigenvalue weighted by molar-refractivity contribution is 0.0690. The first-order valence-electron chi connectivity index (χ1n) is 6.22. The highest BCUT2D eigenvalue weighted by Crippen LogP contribution is 2.22. The van der Waals surface area contributed by atoms with Gasteiger partial charge in [-0.25, -0.2) is 9.78 Å². The summed E-state index contributed by atoms with van der Waals surface area (Å²) in [6.07, 6.45) is 2.40. The molecule has 1 N–H and O–H groups in total. The molecular formula is C13H16N2O3S. The minimum absolute atomic E-state index is 0.0933. The van der Waals surface area contributed by atoms with Crippen LogP contribution >= 0.6 is 11.8 Å². The fourth-order valence-corrected chi connectivity index (χ4v) is 3.19. The number of hydrogen-bond acceptors (Lipinski definition) is 4. The molecule has 1 saturated heterocycles. The van der Waals surface area contributed by atoms with Crippen molar-refractivity contribution in [3.05, 3.63) is 29.6 Å². The van der Waals surface area contributed by atoms with Crippen LogP contribution in [0.5, 0.6) is 0 Å². The highest BCUT2D eigenvalue weighted by molar-refractivity contribution is 8.00. The summed E-state index contributed by atoms with van der Waals surface area (Å²) in [6, 6.07) is 2.91. The molecule has 1 aromatic heterocycles. The van der Waals surface area contributed by atoms with Gasteiger partial charge in [0.1, 0.15) is 5.69 Å². The number of rotatable bonds is 3. The number of aromatic carboxylic acids is 1. The highest BCUT2D eigenvalue weighted by Gasteiger charge is 2.24. The maximum atomic E-state index is 12.3. The molecule has 0 spiro atoms. The minimum atomic E-state index is -1.12. The number of carboxylic acids is 1. The molecule has 1 amide bonds. The average Bonchev–Trinajstić information content (AvgIpc) is 2.46. The number of amides is 1. The molecule has 6 heteroatoms. The second-order valence-corrected chi connectivity index (χ2v) is 5.80. The molecule has 2 rings (SSSR count). The van der Waals surface area contributed by atoms with E-state index in [0.717, 1.165) is 18.7 Å². The largest absolute Gasteiger partial charge is 0.477 e. The molecule has 0 bridgehead atoms. The Morgan fingerprint density at radius 3 is 3.05 bits per heavy atom. The van der Waals surface area contributed by atoms with Crippen molar-refractivity contribution in [2.24, 2.45) is 0 Å². The fourth-order valence-electron chi connectivity index (χ4n) is 2.01. The van der Waals surface area contributed by atoms with Crippen molar-refractivity contribution in [3.63, 3.8) is 0 Å². The van der Waals surface area contributed by atoms with Crippen molar-refractivity contribution < 1.29 is 14.7 Å². The zero-order valence-corrected chi connectivity index (χ0v) is 11.5. The van der Waals surface area contributed by atoms with Gasteiger partial charge in [0.05, 0.1) is 0 Å². The Balaban J connectivity index is 2.14. The maximum Gasteiger partial charge on any atom is 0.354 e. The van der Waals surface area contributed by atoms with Crippen LogP contribution in [0, 0.1) is 0 Å². The van der Waals surface area contributed by atoms with Gasteiger partial charge in [-0.2, -0.15) is 11.8 Å². The van der Waals surface area contributed by atoms with Crippen LogP contribution < -0.4 is 0 Å². The Bertz CT molecular complexity index is 493. The van der Waals surface area contributed by atoms with Crippen LogP contribution in [0.1, 0.15) is 34.2 Å². The standard InChI is InChI=1S/C13H16N2O3S/c1-2-10-8-15(5-6-19-10)12(16)9-3-4-14-11(7-9)13(17)18/h3-4,7,10H,2,5-6,8H2,1H3,(H,17,18). The molecule has 1 aliphatic rings. The summed E-state index contributed by atoms with van der Waals surface area (Å²) < 4.78 is 0. The Kier molecular flexibility index (Phi) is 4.42. The van der Waals surface area contributed by atoms with Crippen LogP contribution in [0.4, 0.5) is 0 Å². The lowest BCUT2D eigenvalue weighted by Gasteiger charge is -2.32. The third kappa shape index (κ3) is 3.26. The molecule has 0 aliphatic carbocycles. The third-order valence-electron chi connectivity index (χ3n) is 3.11. The van der Waals surface area contributed by atoms with E-state index in [4.69, 9.17) is 5.11 Å². The summed E-state index contributed by atoms with van der Waals surface area (Å²) in [7, 11) is 0. The molecule has 5 nitrogen and oxygen atoms in total. The van der Waals surface area contributed by atoms with Crippen LogP contribution in [-0.2, 0) is 0 Å². The Morgan fingerprint density at radius 1 is 1.58 bits per heavy atom. The van der Waals surface area contributed by atoms with Gasteiger partial charge in [0.25, 0.3) is 5.91 Å². The van der Waals surface area contributed by atoms with Gasteiger partial charge < -0.3 is 10.0 Å². The van der Waals surface area contributed by atoms with Gasteiger partial charge in [-0.1, -0.05) is 6.92 Å². The molecule has 102 valence electrons. The number of pyridine rings is 1. The van der Waals surface area contributed by atoms with E-state index in [0.29, 0.717) is 17.4 Å². The van der Waals surface area contributed by atoms with Crippen LogP contribution in [0.25, 0.3) is 0 Å². The van der Waals surface area contributed by atoms with Gasteiger partial charge in [0.15, 0.2) is 0 Å². The molecule has 1 atom stereocenters. The van der Waals surface area contributed by atoms with Crippen molar-refractivity contribution in [3.8, 4) is 0 Å². The van der Waals surface area contributed by atoms with Gasteiger partial charge in [0, 0.05) is 35.9 Å². The van der Waals surface area contributed by atoms with Crippen molar-refractivity contribution in [2.75, 3.05) is 18.8 Å². The van der Waals surface area contributed by atoms with Crippen LogP contribution in [0.2, 0.25) is 0 Å². The third-order valence-corrected chi connectivity index (χ3v) is 4.48. The van der Waals surface area contributed by atoms with Crippen molar-refractivity contribution in [1.29, 1.82) is 0 Å². The van der Waals surface area contributed by atoms with Gasteiger partial charge in [-0.15, -0.1) is 0 Å². The van der Waals surface area contributed by atoms with Gasteiger partial charge >= 0.3 is 5.97 Å². The van der Waals surface area contributed by atoms with Crippen molar-refractivity contribution in [2.45, 2.75) is 18.6 Å². The number of nitrogens with zero attached hydrogens (tertiary/aromatic N) is 2. The summed E-state index contributed by atoms with van der Waals surface area (Å²) >= 11 is 1.89. The lowest BCUT2D eigenvalue weighted by atomic mass is 10.2. The number of carbonyl (C=O) groups excluding carboxylic acids is 1. The normalized spacial score (nSPS) is 19.2. The quantitative estimate of drug-likeness (QED) is 0.913. The summed E-state index contributed by atoms with van der Waals surface area (Å²) in [5.74, 6) is -0.292. The summed E-state index contributed by atoms with van der Waals surface area (Å²) in [5, 5.41) is 9.36. The van der Waals surface area contributed by atoms with Crippen molar-refractivity contribution in [1.82, 2.24) is 9.88 Å². The molecule has 1 unspecified atom stereocenters. The van der Waals surface area contributed by atoms with E-state index in [1.165, 1.54) is 12.3 Å². The van der Waals surface area contributed by atoms with Crippen LogP contribution in [-0.4, -0.2) is 51.0 Å². The van der Waals surface area contributed by atoms with Crippen LogP contribution in [0.3, 0.4) is 0 Å². The van der Waals surface area contributed by atoms with E-state index in [2.05, 4.69) is 11.9 Å². The van der Waals surface area contributed by atoms with Crippen LogP contribution in [0.15, 0.2) is 18.3 Å². The van der Waals surface area contributed by atoms with E-state index in [9.17, 15) is 9.59 Å². The van der Waals surface area contributed by atoms with Gasteiger partial charge in [0.2, 0.25) is 0 Å². The van der Waals surface area contributed by atoms with E-state index in [1.54, 1.807) is 11.0 Å². The summed E-state index contributed by atoms with van der Waals surface area (Å²) in [4.78, 5) is 28.7. The Morgan fingerprint density at radius 2 is 2.37 bits per heavy atom. The number of carboxylic acid groups (broad SMARTS) is 1. The fraction of sp³-hybridized carbons (Fsp3) is 0.462. The monoisotopic (exact) mass is 280 g/mol. The topological polar surface area (TPSA) is 70.5 Å². The summed E-state index contributed by atoms with van der Waals surface area (Å²) in [6.45, 7) is 3.55. The first-order chi connectivity index (χ1) is 9.11. The Hall–Kier alpha value is -1.56. The first-order valence-corrected chi connectivity index (χ1v) is 7.27. The van der Waals surface area contributed by atoms with E-state index in [1.807, 2.05) is 11.8 Å². The predicted octanol–water partition coefficient (Wildman–Crippen LogP) is 1.75. The van der Waals surface area contributed by atoms with E-state index in [-0.39, 0.29) is 11.6 Å². The van der Waals surface area contributed by atoms with Gasteiger partial charge in [-0.05, 0) is 18.6 Å². The smallest absolute Gasteiger partial charge is 0.354 e. The van der Waals surface area contributed by atoms with Crippen molar-refractivity contribution >= 4 is 23.6 Å². The number of hydrogen-bond donors (Lipinski definition) is 1. The number of carbonyl (C=O) groups is 2. The number of thioether (sulfide) groups is 1. The second-order valence-electron chi connectivity index (χ2n) is 4.39. The zero-order chi connectivity index (χ0) is 13.8. The maximum absolute atomic E-state index is 12.3. The molecule has 19 heavy (non-hydrogen) atoms. The van der Waals surface area contributed by atoms with E-state index < -0.39 is 5.97 Å². The SMILES string of the molecule is CCC1CN(C(=O)c2ccnc(C(=O)O)c2)CCS1. The minimum Gasteiger partial charge on any atom is -0.477 e. The molecule has 1 aromatic rings. The lowest BCUT2D eigenvalue weighted by Crippen LogP contribution is -2.41. The molecule has 1 fully saturated rings. The van der Waals surface area contributed by atoms with Gasteiger partial charge in [-0.3, -0.25) is 4.79 Å². The summed E-state index contributed by atoms with van der Waals surface area (Å²) in [5.41, 5.74) is 0.304. The average molecular weight is 280 g/mol. The molecular weight excluding hydrogens is 264 g/mol. The molecule has 2 heterocycles. The zero-order valence-electron chi connectivity index (χ0n) is 10.7. The second kappa shape index (κ2) is 6.06. The molecule has 0 aromatic carbocycles. The molecule has 0 saturated carbocycles.